The zero-order valence-corrected chi connectivity index (χ0v) is 11.2. The Bertz CT molecular complexity index is 307. The van der Waals surface area contributed by atoms with E-state index < -0.39 is 0 Å². The summed E-state index contributed by atoms with van der Waals surface area (Å²) in [5.41, 5.74) is 0. The van der Waals surface area contributed by atoms with E-state index in [4.69, 9.17) is 0 Å². The molecule has 5 nitrogen and oxygen atoms in total. The molecular formula is C13H23N3O2. The molecule has 2 heterocycles. The zero-order chi connectivity index (χ0) is 13.0. The van der Waals surface area contributed by atoms with Gasteiger partial charge in [-0.1, -0.05) is 0 Å². The van der Waals surface area contributed by atoms with Crippen LogP contribution >= 0.6 is 0 Å². The number of rotatable bonds is 4. The second-order valence-corrected chi connectivity index (χ2v) is 5.40. The molecule has 2 aliphatic heterocycles. The van der Waals surface area contributed by atoms with E-state index in [1.165, 1.54) is 0 Å². The van der Waals surface area contributed by atoms with E-state index in [2.05, 4.69) is 5.32 Å². The largest absolute Gasteiger partial charge is 0.341 e. The Morgan fingerprint density at radius 2 is 2.06 bits per heavy atom. The number of likely N-dealkylation sites (tertiary alicyclic amines) is 1. The molecule has 0 saturated carbocycles. The van der Waals surface area contributed by atoms with Crippen molar-refractivity contribution in [1.82, 2.24) is 15.1 Å². The predicted octanol–water partition coefficient (Wildman–Crippen LogP) is 0.0668. The first-order chi connectivity index (χ1) is 8.66. The van der Waals surface area contributed by atoms with E-state index in [1.807, 2.05) is 4.90 Å². The number of hydrogen-bond acceptors (Lipinski definition) is 3. The van der Waals surface area contributed by atoms with Gasteiger partial charge in [0.05, 0.1) is 6.54 Å². The van der Waals surface area contributed by atoms with E-state index in [1.54, 1.807) is 11.9 Å². The average molecular weight is 253 g/mol. The highest BCUT2D eigenvalue weighted by molar-refractivity contribution is 5.84. The predicted molar refractivity (Wildman–Crippen MR) is 69.0 cm³/mol. The maximum atomic E-state index is 12.0. The summed E-state index contributed by atoms with van der Waals surface area (Å²) in [4.78, 5) is 27.3. The fourth-order valence-electron chi connectivity index (χ4n) is 2.65. The van der Waals surface area contributed by atoms with E-state index in [-0.39, 0.29) is 18.4 Å². The van der Waals surface area contributed by atoms with E-state index in [9.17, 15) is 9.59 Å². The first-order valence-electron chi connectivity index (χ1n) is 6.89. The van der Waals surface area contributed by atoms with Crippen LogP contribution in [0.25, 0.3) is 0 Å². The van der Waals surface area contributed by atoms with Crippen molar-refractivity contribution in [2.45, 2.75) is 25.7 Å². The minimum Gasteiger partial charge on any atom is -0.341 e. The van der Waals surface area contributed by atoms with Gasteiger partial charge in [0.15, 0.2) is 0 Å². The van der Waals surface area contributed by atoms with Crippen molar-refractivity contribution in [2.75, 3.05) is 39.8 Å². The topological polar surface area (TPSA) is 52.7 Å². The molecule has 1 atom stereocenters. The minimum absolute atomic E-state index is 0.0906. The van der Waals surface area contributed by atoms with Gasteiger partial charge < -0.3 is 15.1 Å². The summed E-state index contributed by atoms with van der Waals surface area (Å²) >= 11 is 0. The highest BCUT2D eigenvalue weighted by Gasteiger charge is 2.23. The zero-order valence-electron chi connectivity index (χ0n) is 11.2. The van der Waals surface area contributed by atoms with Gasteiger partial charge in [-0.15, -0.1) is 0 Å². The molecule has 2 fully saturated rings. The van der Waals surface area contributed by atoms with Crippen molar-refractivity contribution in [3.05, 3.63) is 0 Å². The van der Waals surface area contributed by atoms with Gasteiger partial charge in [-0.05, 0) is 38.3 Å². The van der Waals surface area contributed by atoms with Gasteiger partial charge in [0.25, 0.3) is 0 Å². The van der Waals surface area contributed by atoms with Crippen LogP contribution < -0.4 is 5.32 Å². The van der Waals surface area contributed by atoms with Gasteiger partial charge in [0.1, 0.15) is 0 Å². The fourth-order valence-corrected chi connectivity index (χ4v) is 2.65. The van der Waals surface area contributed by atoms with Crippen LogP contribution in [0.5, 0.6) is 0 Å². The average Bonchev–Trinajstić information content (AvgIpc) is 3.01. The van der Waals surface area contributed by atoms with Crippen LogP contribution in [-0.4, -0.2) is 61.4 Å². The Morgan fingerprint density at radius 3 is 2.67 bits per heavy atom. The Balaban J connectivity index is 1.73. The summed E-state index contributed by atoms with van der Waals surface area (Å²) < 4.78 is 0. The number of hydrogen-bond donors (Lipinski definition) is 1. The van der Waals surface area contributed by atoms with Crippen LogP contribution in [0.4, 0.5) is 0 Å². The fraction of sp³-hybridized carbons (Fsp3) is 0.846. The van der Waals surface area contributed by atoms with Gasteiger partial charge in [-0.25, -0.2) is 0 Å². The molecule has 5 heteroatoms. The Labute approximate surface area is 108 Å². The molecule has 0 radical (unpaired) electrons. The quantitative estimate of drug-likeness (QED) is 0.771. The molecule has 102 valence electrons. The SMILES string of the molecule is CN(CC(=O)N1CCCC1)C(=O)CC1CCNC1. The second-order valence-electron chi connectivity index (χ2n) is 5.40. The molecule has 2 rings (SSSR count). The standard InChI is InChI=1S/C13H23N3O2/c1-15(10-13(18)16-6-2-3-7-16)12(17)8-11-4-5-14-9-11/h11,14H,2-10H2,1H3. The number of carbonyl (C=O) groups excluding carboxylic acids is 2. The van der Waals surface area contributed by atoms with E-state index >= 15 is 0 Å². The molecular weight excluding hydrogens is 230 g/mol. The monoisotopic (exact) mass is 253 g/mol. The van der Waals surface area contributed by atoms with Crippen LogP contribution in [0.2, 0.25) is 0 Å². The molecule has 1 unspecified atom stereocenters. The maximum absolute atomic E-state index is 12.0. The molecule has 1 N–H and O–H groups in total. The van der Waals surface area contributed by atoms with Crippen molar-refractivity contribution in [1.29, 1.82) is 0 Å². The van der Waals surface area contributed by atoms with Gasteiger partial charge >= 0.3 is 0 Å². The van der Waals surface area contributed by atoms with Gasteiger partial charge in [-0.3, -0.25) is 9.59 Å². The lowest BCUT2D eigenvalue weighted by Crippen LogP contribution is -2.40. The Kier molecular flexibility index (Phi) is 4.58. The summed E-state index contributed by atoms with van der Waals surface area (Å²) in [5, 5.41) is 3.26. The van der Waals surface area contributed by atoms with Gasteiger partial charge in [-0.2, -0.15) is 0 Å². The van der Waals surface area contributed by atoms with Gasteiger partial charge in [0, 0.05) is 26.6 Å². The number of carbonyl (C=O) groups is 2. The molecule has 0 aliphatic carbocycles. The molecule has 0 spiro atoms. The smallest absolute Gasteiger partial charge is 0.242 e. The number of nitrogens with zero attached hydrogens (tertiary/aromatic N) is 2. The van der Waals surface area contributed by atoms with Crippen LogP contribution in [-0.2, 0) is 9.59 Å². The maximum Gasteiger partial charge on any atom is 0.242 e. The molecule has 2 aliphatic rings. The first-order valence-corrected chi connectivity index (χ1v) is 6.89. The third kappa shape index (κ3) is 3.45. The normalized spacial score (nSPS) is 23.4. The van der Waals surface area contributed by atoms with Crippen LogP contribution in [0.15, 0.2) is 0 Å². The third-order valence-corrected chi connectivity index (χ3v) is 3.88. The van der Waals surface area contributed by atoms with Crippen molar-refractivity contribution in [2.24, 2.45) is 5.92 Å². The lowest BCUT2D eigenvalue weighted by atomic mass is 10.0. The van der Waals surface area contributed by atoms with Gasteiger partial charge in [0.2, 0.25) is 11.8 Å². The molecule has 2 amide bonds. The summed E-state index contributed by atoms with van der Waals surface area (Å²) in [6.07, 6.45) is 3.82. The summed E-state index contributed by atoms with van der Waals surface area (Å²) in [5.74, 6) is 0.631. The lowest BCUT2D eigenvalue weighted by Gasteiger charge is -2.22. The van der Waals surface area contributed by atoms with Crippen LogP contribution in [0.1, 0.15) is 25.7 Å². The van der Waals surface area contributed by atoms with Crippen LogP contribution in [0, 0.1) is 5.92 Å². The third-order valence-electron chi connectivity index (χ3n) is 3.88. The summed E-state index contributed by atoms with van der Waals surface area (Å²) in [7, 11) is 1.73. The molecule has 0 bridgehead atoms. The minimum atomic E-state index is 0.0906. The van der Waals surface area contributed by atoms with Crippen LogP contribution in [0.3, 0.4) is 0 Å². The highest BCUT2D eigenvalue weighted by Crippen LogP contribution is 2.14. The molecule has 0 aromatic carbocycles. The number of amides is 2. The van der Waals surface area contributed by atoms with Crippen molar-refractivity contribution in [3.8, 4) is 0 Å². The molecule has 18 heavy (non-hydrogen) atoms. The number of nitrogens with one attached hydrogen (secondary N) is 1. The van der Waals surface area contributed by atoms with Crippen molar-refractivity contribution >= 4 is 11.8 Å². The van der Waals surface area contributed by atoms with E-state index in [0.29, 0.717) is 12.3 Å². The summed E-state index contributed by atoms with van der Waals surface area (Å²) in [6.45, 7) is 3.88. The number of likely N-dealkylation sites (N-methyl/N-ethyl adjacent to an activating group) is 1. The van der Waals surface area contributed by atoms with Crippen molar-refractivity contribution in [3.63, 3.8) is 0 Å². The molecule has 0 aromatic heterocycles. The summed E-state index contributed by atoms with van der Waals surface area (Å²) in [6, 6.07) is 0. The first kappa shape index (κ1) is 13.3. The molecule has 0 aromatic rings. The Morgan fingerprint density at radius 1 is 1.33 bits per heavy atom. The second kappa shape index (κ2) is 6.18. The molecule has 2 saturated heterocycles. The van der Waals surface area contributed by atoms with Crippen molar-refractivity contribution < 1.29 is 9.59 Å². The Hall–Kier alpha value is -1.10. The van der Waals surface area contributed by atoms with E-state index in [0.717, 1.165) is 45.4 Å². The lowest BCUT2D eigenvalue weighted by molar-refractivity contribution is -0.139. The highest BCUT2D eigenvalue weighted by atomic mass is 16.2.